The smallest absolute Gasteiger partial charge is 0.305 e. The molecule has 0 spiro atoms. The molecule has 0 saturated heterocycles. The summed E-state index contributed by atoms with van der Waals surface area (Å²) < 4.78 is 14.7. The molecule has 0 unspecified atom stereocenters. The SMILES string of the molecule is Cc1c(CCOC(=O)CCCCC(=O)OCCc2sc[n+](C)c2C)sc[n+]1C. The number of carbonyl (C=O) groups is 2. The molecule has 0 amide bonds. The van der Waals surface area contributed by atoms with E-state index in [0.29, 0.717) is 38.9 Å². The van der Waals surface area contributed by atoms with Gasteiger partial charge in [0.2, 0.25) is 11.0 Å². The molecule has 0 aromatic carbocycles. The number of unbranched alkanes of at least 4 members (excludes halogenated alkanes) is 1. The van der Waals surface area contributed by atoms with Crippen molar-refractivity contribution in [3.63, 3.8) is 0 Å². The van der Waals surface area contributed by atoms with Crippen LogP contribution in [-0.4, -0.2) is 25.2 Å². The van der Waals surface area contributed by atoms with E-state index in [4.69, 9.17) is 9.47 Å². The van der Waals surface area contributed by atoms with E-state index in [-0.39, 0.29) is 11.9 Å². The molecule has 2 aromatic heterocycles. The monoisotopic (exact) mass is 426 g/mol. The molecule has 154 valence electrons. The van der Waals surface area contributed by atoms with Gasteiger partial charge in [-0.1, -0.05) is 22.7 Å². The zero-order valence-electron chi connectivity index (χ0n) is 17.2. The van der Waals surface area contributed by atoms with E-state index in [1.54, 1.807) is 22.7 Å². The fourth-order valence-corrected chi connectivity index (χ4v) is 4.60. The molecule has 0 aliphatic rings. The number of rotatable bonds is 11. The topological polar surface area (TPSA) is 60.4 Å². The number of hydrogen-bond acceptors (Lipinski definition) is 6. The number of aryl methyl sites for hydroxylation is 2. The predicted molar refractivity (Wildman–Crippen MR) is 108 cm³/mol. The van der Waals surface area contributed by atoms with Crippen molar-refractivity contribution in [1.82, 2.24) is 0 Å². The van der Waals surface area contributed by atoms with Crippen LogP contribution in [0.2, 0.25) is 0 Å². The van der Waals surface area contributed by atoms with Crippen LogP contribution in [0.3, 0.4) is 0 Å². The minimum absolute atomic E-state index is 0.201. The van der Waals surface area contributed by atoms with Crippen LogP contribution >= 0.6 is 22.7 Å². The van der Waals surface area contributed by atoms with Crippen molar-refractivity contribution in [3.05, 3.63) is 32.2 Å². The highest BCUT2D eigenvalue weighted by molar-refractivity contribution is 7.09. The van der Waals surface area contributed by atoms with Crippen molar-refractivity contribution in [2.45, 2.75) is 52.4 Å². The number of aromatic nitrogens is 2. The Labute approximate surface area is 174 Å². The first-order valence-electron chi connectivity index (χ1n) is 9.55. The maximum absolute atomic E-state index is 11.8. The predicted octanol–water partition coefficient (Wildman–Crippen LogP) is 2.51. The average Bonchev–Trinajstić information content (AvgIpc) is 3.15. The van der Waals surface area contributed by atoms with Crippen LogP contribution in [0, 0.1) is 13.8 Å². The van der Waals surface area contributed by atoms with Crippen LogP contribution in [0.4, 0.5) is 0 Å². The number of carbonyl (C=O) groups excluding carboxylic acids is 2. The summed E-state index contributed by atoms with van der Waals surface area (Å²) in [7, 11) is 4.02. The molecule has 0 saturated carbocycles. The second-order valence-electron chi connectivity index (χ2n) is 6.83. The second kappa shape index (κ2) is 11.3. The number of nitrogens with zero attached hydrogens (tertiary/aromatic N) is 2. The molecular weight excluding hydrogens is 396 g/mol. The van der Waals surface area contributed by atoms with Crippen molar-refractivity contribution in [3.8, 4) is 0 Å². The van der Waals surface area contributed by atoms with Crippen molar-refractivity contribution in [1.29, 1.82) is 0 Å². The molecule has 2 heterocycles. The van der Waals surface area contributed by atoms with E-state index in [2.05, 4.69) is 23.0 Å². The van der Waals surface area contributed by atoms with Crippen molar-refractivity contribution in [2.24, 2.45) is 14.1 Å². The molecule has 2 aromatic rings. The Balaban J connectivity index is 1.50. The first kappa shape index (κ1) is 22.5. The molecular formula is C20H30N2O4S2+2. The summed E-state index contributed by atoms with van der Waals surface area (Å²) in [5.74, 6) is -0.402. The van der Waals surface area contributed by atoms with E-state index >= 15 is 0 Å². The average molecular weight is 427 g/mol. The molecule has 2 rings (SSSR count). The summed E-state index contributed by atoms with van der Waals surface area (Å²) in [5.41, 5.74) is 6.52. The summed E-state index contributed by atoms with van der Waals surface area (Å²) in [5, 5.41) is 0. The maximum Gasteiger partial charge on any atom is 0.305 e. The lowest BCUT2D eigenvalue weighted by atomic mass is 10.2. The number of esters is 2. The molecule has 8 heteroatoms. The summed E-state index contributed by atoms with van der Waals surface area (Å²) in [6, 6.07) is 0. The quantitative estimate of drug-likeness (QED) is 0.315. The highest BCUT2D eigenvalue weighted by atomic mass is 32.1. The minimum atomic E-state index is -0.201. The van der Waals surface area contributed by atoms with E-state index in [1.807, 2.05) is 25.1 Å². The fourth-order valence-electron chi connectivity index (χ4n) is 2.69. The van der Waals surface area contributed by atoms with Crippen LogP contribution in [0.15, 0.2) is 11.0 Å². The van der Waals surface area contributed by atoms with Crippen molar-refractivity contribution in [2.75, 3.05) is 13.2 Å². The Morgan fingerprint density at radius 1 is 0.821 bits per heavy atom. The van der Waals surface area contributed by atoms with Crippen LogP contribution < -0.4 is 9.13 Å². The van der Waals surface area contributed by atoms with E-state index in [9.17, 15) is 9.59 Å². The second-order valence-corrected chi connectivity index (χ2v) is 8.71. The number of ether oxygens (including phenoxy) is 2. The molecule has 0 bridgehead atoms. The summed E-state index contributed by atoms with van der Waals surface area (Å²) in [6.45, 7) is 4.94. The van der Waals surface area contributed by atoms with Gasteiger partial charge < -0.3 is 9.47 Å². The molecule has 28 heavy (non-hydrogen) atoms. The largest absolute Gasteiger partial charge is 0.465 e. The molecule has 0 aliphatic carbocycles. The van der Waals surface area contributed by atoms with Gasteiger partial charge in [-0.15, -0.1) is 0 Å². The van der Waals surface area contributed by atoms with Crippen LogP contribution in [0.25, 0.3) is 0 Å². The Bertz CT molecular complexity index is 732. The Morgan fingerprint density at radius 2 is 1.21 bits per heavy atom. The van der Waals surface area contributed by atoms with Crippen LogP contribution in [-0.2, 0) is 46.0 Å². The molecule has 0 aliphatic heterocycles. The summed E-state index contributed by atoms with van der Waals surface area (Å²) in [4.78, 5) is 26.1. The summed E-state index contributed by atoms with van der Waals surface area (Å²) in [6.07, 6.45) is 3.46. The van der Waals surface area contributed by atoms with Gasteiger partial charge in [-0.3, -0.25) is 9.59 Å². The molecule has 6 nitrogen and oxygen atoms in total. The van der Waals surface area contributed by atoms with Crippen molar-refractivity contribution >= 4 is 34.6 Å². The standard InChI is InChI=1S/C20H30N2O4S2/c1-15-17(27-13-21(15)3)9-11-25-19(23)7-5-6-8-20(24)26-12-10-18-16(2)22(4)14-28-18/h13-14H,5-12H2,1-4H3/q+2. The Morgan fingerprint density at radius 3 is 1.54 bits per heavy atom. The lowest BCUT2D eigenvalue weighted by Crippen LogP contribution is -2.28. The Hall–Kier alpha value is -1.80. The van der Waals surface area contributed by atoms with Gasteiger partial charge in [-0.2, -0.15) is 9.13 Å². The zero-order chi connectivity index (χ0) is 20.5. The van der Waals surface area contributed by atoms with Gasteiger partial charge in [0, 0.05) is 39.5 Å². The number of thiazole rings is 2. The van der Waals surface area contributed by atoms with Gasteiger partial charge in [-0.05, 0) is 12.8 Å². The molecule has 0 radical (unpaired) electrons. The molecule has 0 atom stereocenters. The molecule has 0 N–H and O–H groups in total. The van der Waals surface area contributed by atoms with Crippen LogP contribution in [0.1, 0.15) is 46.8 Å². The van der Waals surface area contributed by atoms with Gasteiger partial charge >= 0.3 is 11.9 Å². The highest BCUT2D eigenvalue weighted by Gasteiger charge is 2.13. The van der Waals surface area contributed by atoms with Crippen molar-refractivity contribution < 1.29 is 28.2 Å². The minimum Gasteiger partial charge on any atom is -0.465 e. The maximum atomic E-state index is 11.8. The third kappa shape index (κ3) is 6.98. The normalized spacial score (nSPS) is 10.9. The zero-order valence-corrected chi connectivity index (χ0v) is 18.8. The van der Waals surface area contributed by atoms with Gasteiger partial charge in [-0.25, -0.2) is 0 Å². The van der Waals surface area contributed by atoms with Crippen LogP contribution in [0.5, 0.6) is 0 Å². The first-order chi connectivity index (χ1) is 13.4. The molecule has 0 fully saturated rings. The lowest BCUT2D eigenvalue weighted by Gasteiger charge is -2.05. The lowest BCUT2D eigenvalue weighted by molar-refractivity contribution is -0.673. The van der Waals surface area contributed by atoms with E-state index in [0.717, 1.165) is 12.8 Å². The van der Waals surface area contributed by atoms with Gasteiger partial charge in [0.1, 0.15) is 14.1 Å². The van der Waals surface area contributed by atoms with Gasteiger partial charge in [0.05, 0.1) is 23.0 Å². The first-order valence-corrected chi connectivity index (χ1v) is 11.3. The van der Waals surface area contributed by atoms with E-state index < -0.39 is 0 Å². The van der Waals surface area contributed by atoms with Gasteiger partial charge in [0.15, 0.2) is 11.4 Å². The third-order valence-electron chi connectivity index (χ3n) is 4.77. The fraction of sp³-hybridized carbons (Fsp3) is 0.600. The third-order valence-corrected chi connectivity index (χ3v) is 7.18. The Kier molecular flexibility index (Phi) is 9.05. The summed E-state index contributed by atoms with van der Waals surface area (Å²) >= 11 is 3.36. The van der Waals surface area contributed by atoms with E-state index in [1.165, 1.54) is 21.1 Å². The number of hydrogen-bond donors (Lipinski definition) is 0. The van der Waals surface area contributed by atoms with Gasteiger partial charge in [0.25, 0.3) is 0 Å². The highest BCUT2D eigenvalue weighted by Crippen LogP contribution is 2.12.